The maximum absolute atomic E-state index is 13.6. The smallest absolute Gasteiger partial charge is 0.504 e. The van der Waals surface area contributed by atoms with Gasteiger partial charge in [-0.2, -0.15) is 0 Å². The lowest BCUT2D eigenvalue weighted by atomic mass is 10.2. The first-order valence-corrected chi connectivity index (χ1v) is 5.91. The van der Waals surface area contributed by atoms with Gasteiger partial charge in [-0.3, -0.25) is 0 Å². The van der Waals surface area contributed by atoms with Crippen LogP contribution in [0.2, 0.25) is 0 Å². The van der Waals surface area contributed by atoms with Gasteiger partial charge in [0.2, 0.25) is 0 Å². The van der Waals surface area contributed by atoms with Gasteiger partial charge in [-0.1, -0.05) is 0 Å². The van der Waals surface area contributed by atoms with Crippen molar-refractivity contribution >= 4 is 7.69 Å². The van der Waals surface area contributed by atoms with Gasteiger partial charge in [0.05, 0.1) is 0 Å². The number of hydrogen-bond donors (Lipinski definition) is 1. The minimum absolute atomic E-state index is 0.147. The van der Waals surface area contributed by atoms with Crippen LogP contribution in [-0.2, 0) is 6.61 Å². The van der Waals surface area contributed by atoms with E-state index in [2.05, 4.69) is 4.65 Å². The summed E-state index contributed by atoms with van der Waals surface area (Å²) in [6, 6.07) is 2.83. The highest BCUT2D eigenvalue weighted by Crippen LogP contribution is 2.28. The number of hydrogen-bond acceptors (Lipinski definition) is 3. The predicted octanol–water partition coefficient (Wildman–Crippen LogP) is 2.60. The molecule has 0 radical (unpaired) electrons. The van der Waals surface area contributed by atoms with Crippen molar-refractivity contribution in [2.75, 3.05) is 0 Å². The molecule has 0 bridgehead atoms. The highest BCUT2D eigenvalue weighted by atomic mass is 19.2. The van der Waals surface area contributed by atoms with Gasteiger partial charge in [-0.05, 0) is 17.7 Å². The molecule has 0 heterocycles. The van der Waals surface area contributed by atoms with Crippen LogP contribution in [0.1, 0.15) is 5.56 Å². The van der Waals surface area contributed by atoms with Crippen LogP contribution in [0.25, 0.3) is 0 Å². The summed E-state index contributed by atoms with van der Waals surface area (Å²) in [6.45, 7) is -0.581. The number of rotatable bonds is 5. The van der Waals surface area contributed by atoms with Crippen LogP contribution in [-0.4, -0.2) is 12.7 Å². The lowest BCUT2D eigenvalue weighted by Gasteiger charge is -2.11. The van der Waals surface area contributed by atoms with E-state index in [1.54, 1.807) is 0 Å². The Hall–Kier alpha value is -2.29. The van der Waals surface area contributed by atoms with Gasteiger partial charge in [0.15, 0.2) is 34.8 Å². The summed E-state index contributed by atoms with van der Waals surface area (Å²) >= 11 is 0. The van der Waals surface area contributed by atoms with E-state index in [0.717, 1.165) is 12.1 Å². The highest BCUT2D eigenvalue weighted by Gasteiger charge is 2.15. The summed E-state index contributed by atoms with van der Waals surface area (Å²) in [5.41, 5.74) is -0.147. The lowest BCUT2D eigenvalue weighted by molar-refractivity contribution is 0.271. The summed E-state index contributed by atoms with van der Waals surface area (Å²) in [5, 5.41) is 8.50. The van der Waals surface area contributed by atoms with Crippen LogP contribution in [0.4, 0.5) is 22.0 Å². The Kier molecular flexibility index (Phi) is 4.87. The summed E-state index contributed by atoms with van der Waals surface area (Å²) in [6.07, 6.45) is 0. The molecule has 0 saturated carbocycles. The summed E-state index contributed by atoms with van der Waals surface area (Å²) < 4.78 is 75.4. The van der Waals surface area contributed by atoms with Crippen LogP contribution in [0.3, 0.4) is 0 Å². The molecular weight excluding hydrogens is 310 g/mol. The third-order valence-electron chi connectivity index (χ3n) is 2.63. The van der Waals surface area contributed by atoms with Gasteiger partial charge in [0, 0.05) is 12.1 Å². The van der Waals surface area contributed by atoms with E-state index in [1.165, 1.54) is 0 Å². The molecule has 2 rings (SSSR count). The van der Waals surface area contributed by atoms with Gasteiger partial charge < -0.3 is 14.4 Å². The normalized spacial score (nSPS) is 10.5. The van der Waals surface area contributed by atoms with E-state index in [-0.39, 0.29) is 11.3 Å². The summed E-state index contributed by atoms with van der Waals surface area (Å²) in [4.78, 5) is 0. The fourth-order valence-electron chi connectivity index (χ4n) is 1.68. The lowest BCUT2D eigenvalue weighted by Crippen LogP contribution is -2.04. The molecule has 0 aliphatic heterocycles. The van der Waals surface area contributed by atoms with Gasteiger partial charge in [0.1, 0.15) is 12.4 Å². The second kappa shape index (κ2) is 6.65. The Labute approximate surface area is 122 Å². The minimum atomic E-state index is -1.65. The van der Waals surface area contributed by atoms with E-state index in [4.69, 9.17) is 9.76 Å². The quantitative estimate of drug-likeness (QED) is 0.523. The molecule has 0 saturated heterocycles. The largest absolute Gasteiger partial charge is 0.539 e. The van der Waals surface area contributed by atoms with Crippen molar-refractivity contribution in [1.29, 1.82) is 0 Å². The molecule has 2 aromatic carbocycles. The monoisotopic (exact) mass is 318 g/mol. The molecule has 0 fully saturated rings. The van der Waals surface area contributed by atoms with Gasteiger partial charge in [-0.25, -0.2) is 22.0 Å². The SMILES string of the molecule is OBOc1cc(F)c(OCc2cc(F)c(F)c(F)c2)c(F)c1. The van der Waals surface area contributed by atoms with Crippen molar-refractivity contribution in [2.24, 2.45) is 0 Å². The Morgan fingerprint density at radius 3 is 1.91 bits per heavy atom. The molecule has 0 spiro atoms. The Balaban J connectivity index is 2.18. The zero-order valence-corrected chi connectivity index (χ0v) is 10.9. The third kappa shape index (κ3) is 3.48. The molecule has 22 heavy (non-hydrogen) atoms. The first-order valence-electron chi connectivity index (χ1n) is 5.91. The Morgan fingerprint density at radius 1 is 0.864 bits per heavy atom. The Bertz CT molecular complexity index is 649. The zero-order chi connectivity index (χ0) is 16.3. The molecule has 0 unspecified atom stereocenters. The van der Waals surface area contributed by atoms with E-state index in [0.29, 0.717) is 12.1 Å². The fraction of sp³-hybridized carbons (Fsp3) is 0.0769. The highest BCUT2D eigenvalue weighted by molar-refractivity contribution is 6.17. The van der Waals surface area contributed by atoms with Crippen LogP contribution < -0.4 is 9.39 Å². The summed E-state index contributed by atoms with van der Waals surface area (Å²) in [5.74, 6) is -7.85. The molecular formula is C13H8BF5O3. The minimum Gasteiger partial charge on any atom is -0.539 e. The van der Waals surface area contributed by atoms with Crippen LogP contribution >= 0.6 is 0 Å². The van der Waals surface area contributed by atoms with Crippen molar-refractivity contribution in [3.8, 4) is 11.5 Å². The van der Waals surface area contributed by atoms with Gasteiger partial charge in [0.25, 0.3) is 0 Å². The molecule has 0 aromatic heterocycles. The molecule has 3 nitrogen and oxygen atoms in total. The molecule has 0 aliphatic carbocycles. The van der Waals surface area contributed by atoms with Crippen molar-refractivity contribution in [2.45, 2.75) is 6.61 Å². The topological polar surface area (TPSA) is 38.7 Å². The first kappa shape index (κ1) is 16.1. The number of ether oxygens (including phenoxy) is 1. The molecule has 9 heteroatoms. The van der Waals surface area contributed by atoms with Crippen LogP contribution in [0, 0.1) is 29.1 Å². The number of benzene rings is 2. The maximum atomic E-state index is 13.6. The predicted molar refractivity (Wildman–Crippen MR) is 67.0 cm³/mol. The van der Waals surface area contributed by atoms with E-state index < -0.39 is 49.1 Å². The van der Waals surface area contributed by atoms with Crippen molar-refractivity contribution in [3.05, 3.63) is 58.9 Å². The van der Waals surface area contributed by atoms with Crippen molar-refractivity contribution in [3.63, 3.8) is 0 Å². The second-order valence-electron chi connectivity index (χ2n) is 4.15. The molecule has 116 valence electrons. The number of halogens is 5. The first-order chi connectivity index (χ1) is 10.4. The molecule has 1 N–H and O–H groups in total. The fourth-order valence-corrected chi connectivity index (χ4v) is 1.68. The summed E-state index contributed by atoms with van der Waals surface area (Å²) in [7, 11) is -0.771. The third-order valence-corrected chi connectivity index (χ3v) is 2.63. The molecule has 0 amide bonds. The van der Waals surface area contributed by atoms with Gasteiger partial charge in [-0.15, -0.1) is 0 Å². The van der Waals surface area contributed by atoms with Crippen LogP contribution in [0.5, 0.6) is 11.5 Å². The van der Waals surface area contributed by atoms with Crippen molar-refractivity contribution in [1.82, 2.24) is 0 Å². The van der Waals surface area contributed by atoms with Gasteiger partial charge >= 0.3 is 7.69 Å². The average molecular weight is 318 g/mol. The average Bonchev–Trinajstić information content (AvgIpc) is 2.44. The second-order valence-corrected chi connectivity index (χ2v) is 4.15. The van der Waals surface area contributed by atoms with Crippen molar-refractivity contribution < 1.29 is 36.4 Å². The zero-order valence-electron chi connectivity index (χ0n) is 10.9. The van der Waals surface area contributed by atoms with Crippen LogP contribution in [0.15, 0.2) is 24.3 Å². The van der Waals surface area contributed by atoms with E-state index >= 15 is 0 Å². The standard InChI is InChI=1S/C13H8BF5O3/c15-8-1-6(2-9(16)12(8)19)5-21-13-10(17)3-7(22-14-20)4-11(13)18/h1-4,14,20H,5H2. The molecule has 0 atom stereocenters. The molecule has 2 aromatic rings. The van der Waals surface area contributed by atoms with E-state index in [1.807, 2.05) is 0 Å². The van der Waals surface area contributed by atoms with E-state index in [9.17, 15) is 22.0 Å². The molecule has 0 aliphatic rings. The maximum Gasteiger partial charge on any atom is 0.504 e. The Morgan fingerprint density at radius 2 is 1.41 bits per heavy atom.